The molecule has 1 N–H and O–H groups in total. The number of hydrogen-bond acceptors (Lipinski definition) is 6. The zero-order valence-electron chi connectivity index (χ0n) is 15.6. The summed E-state index contributed by atoms with van der Waals surface area (Å²) in [5, 5.41) is 4.64. The van der Waals surface area contributed by atoms with Crippen molar-refractivity contribution in [3.63, 3.8) is 0 Å². The zero-order chi connectivity index (χ0) is 19.2. The van der Waals surface area contributed by atoms with Gasteiger partial charge in [-0.15, -0.1) is 0 Å². The minimum atomic E-state index is 0.0191. The molecule has 0 saturated carbocycles. The van der Waals surface area contributed by atoms with E-state index in [4.69, 9.17) is 4.74 Å². The summed E-state index contributed by atoms with van der Waals surface area (Å²) in [6.07, 6.45) is 0. The molecule has 7 heteroatoms. The van der Waals surface area contributed by atoms with Crippen LogP contribution < -0.4 is 10.1 Å². The van der Waals surface area contributed by atoms with Crippen LogP contribution >= 0.6 is 11.8 Å². The number of thioether (sulfide) groups is 1. The monoisotopic (exact) mass is 382 g/mol. The Hall–Kier alpha value is -2.80. The van der Waals surface area contributed by atoms with Crippen molar-refractivity contribution in [3.05, 3.63) is 54.1 Å². The Kier molecular flexibility index (Phi) is 6.13. The van der Waals surface area contributed by atoms with Gasteiger partial charge in [-0.1, -0.05) is 36.0 Å². The highest BCUT2D eigenvalue weighted by molar-refractivity contribution is 7.99. The lowest BCUT2D eigenvalue weighted by Gasteiger charge is -2.17. The fourth-order valence-electron chi connectivity index (χ4n) is 2.68. The summed E-state index contributed by atoms with van der Waals surface area (Å²) in [5.41, 5.74) is 1.88. The molecular weight excluding hydrogens is 360 g/mol. The van der Waals surface area contributed by atoms with Crippen LogP contribution in [0.15, 0.2) is 53.7 Å². The Morgan fingerprint density at radius 1 is 1.19 bits per heavy atom. The van der Waals surface area contributed by atoms with E-state index in [1.807, 2.05) is 55.6 Å². The molecule has 3 rings (SSSR count). The Morgan fingerprint density at radius 3 is 2.78 bits per heavy atom. The quantitative estimate of drug-likeness (QED) is 0.499. The van der Waals surface area contributed by atoms with Gasteiger partial charge in [-0.3, -0.25) is 4.79 Å². The number of anilines is 1. The van der Waals surface area contributed by atoms with Crippen LogP contribution in [0.1, 0.15) is 5.56 Å². The second-order valence-electron chi connectivity index (χ2n) is 6.01. The summed E-state index contributed by atoms with van der Waals surface area (Å²) in [6.45, 7) is 0.525. The average molecular weight is 382 g/mol. The minimum absolute atomic E-state index is 0.0191. The molecule has 27 heavy (non-hydrogen) atoms. The molecule has 0 aliphatic carbocycles. The zero-order valence-corrected chi connectivity index (χ0v) is 16.4. The molecule has 0 fully saturated rings. The van der Waals surface area contributed by atoms with E-state index < -0.39 is 0 Å². The maximum absolute atomic E-state index is 12.5. The first-order valence-corrected chi connectivity index (χ1v) is 9.53. The van der Waals surface area contributed by atoms with Crippen molar-refractivity contribution >= 4 is 34.4 Å². The number of para-hydroxylation sites is 1. The normalized spacial score (nSPS) is 10.6. The number of amides is 1. The molecule has 0 aliphatic rings. The molecule has 140 valence electrons. The SMILES string of the molecule is CNc1nc(SCC(=O)N(C)Cc2cccc(OC)c2)nc2ccccc12. The number of carbonyl (C=O) groups excluding carboxylic acids is 1. The highest BCUT2D eigenvalue weighted by Gasteiger charge is 2.13. The van der Waals surface area contributed by atoms with Gasteiger partial charge in [0.15, 0.2) is 5.16 Å². The molecule has 3 aromatic rings. The molecule has 0 spiro atoms. The van der Waals surface area contributed by atoms with E-state index in [-0.39, 0.29) is 11.7 Å². The molecule has 1 aromatic heterocycles. The average Bonchev–Trinajstić information content (AvgIpc) is 2.71. The number of ether oxygens (including phenoxy) is 1. The Morgan fingerprint density at radius 2 is 2.00 bits per heavy atom. The predicted molar refractivity (Wildman–Crippen MR) is 109 cm³/mol. The maximum Gasteiger partial charge on any atom is 0.233 e. The summed E-state index contributed by atoms with van der Waals surface area (Å²) in [4.78, 5) is 23.2. The van der Waals surface area contributed by atoms with Crippen molar-refractivity contribution in [3.8, 4) is 5.75 Å². The lowest BCUT2D eigenvalue weighted by Crippen LogP contribution is -2.27. The fourth-order valence-corrected chi connectivity index (χ4v) is 3.47. The topological polar surface area (TPSA) is 67.4 Å². The summed E-state index contributed by atoms with van der Waals surface area (Å²) in [5.74, 6) is 1.85. The van der Waals surface area contributed by atoms with Gasteiger partial charge in [0.2, 0.25) is 5.91 Å². The third kappa shape index (κ3) is 4.68. The maximum atomic E-state index is 12.5. The number of hydrogen-bond donors (Lipinski definition) is 1. The molecule has 0 aliphatic heterocycles. The number of benzene rings is 2. The molecule has 0 radical (unpaired) electrons. The van der Waals surface area contributed by atoms with Crippen molar-refractivity contribution in [2.45, 2.75) is 11.7 Å². The van der Waals surface area contributed by atoms with Gasteiger partial charge in [0.25, 0.3) is 0 Å². The lowest BCUT2D eigenvalue weighted by molar-refractivity contribution is -0.127. The van der Waals surface area contributed by atoms with Gasteiger partial charge in [-0.25, -0.2) is 9.97 Å². The number of rotatable bonds is 7. The predicted octanol–water partition coefficient (Wildman–Crippen LogP) is 3.43. The summed E-state index contributed by atoms with van der Waals surface area (Å²) in [6, 6.07) is 15.5. The fraction of sp³-hybridized carbons (Fsp3) is 0.250. The highest BCUT2D eigenvalue weighted by Crippen LogP contribution is 2.24. The van der Waals surface area contributed by atoms with Crippen LogP contribution in [0, 0.1) is 0 Å². The van der Waals surface area contributed by atoms with E-state index >= 15 is 0 Å². The van der Waals surface area contributed by atoms with Crippen molar-refractivity contribution in [2.24, 2.45) is 0 Å². The number of nitrogens with one attached hydrogen (secondary N) is 1. The molecule has 6 nitrogen and oxygen atoms in total. The number of nitrogens with zero attached hydrogens (tertiary/aromatic N) is 3. The van der Waals surface area contributed by atoms with Crippen LogP contribution in [0.4, 0.5) is 5.82 Å². The van der Waals surface area contributed by atoms with Crippen LogP contribution in [0.5, 0.6) is 5.75 Å². The van der Waals surface area contributed by atoms with E-state index in [2.05, 4.69) is 15.3 Å². The molecule has 1 heterocycles. The summed E-state index contributed by atoms with van der Waals surface area (Å²) < 4.78 is 5.23. The molecular formula is C20H22N4O2S. The van der Waals surface area contributed by atoms with Gasteiger partial charge in [-0.05, 0) is 29.8 Å². The summed E-state index contributed by atoms with van der Waals surface area (Å²) >= 11 is 1.34. The smallest absolute Gasteiger partial charge is 0.233 e. The van der Waals surface area contributed by atoms with Crippen molar-refractivity contribution in [1.29, 1.82) is 0 Å². The lowest BCUT2D eigenvalue weighted by atomic mass is 10.2. The van der Waals surface area contributed by atoms with Crippen molar-refractivity contribution in [2.75, 3.05) is 32.3 Å². The van der Waals surface area contributed by atoms with Gasteiger partial charge in [0.1, 0.15) is 11.6 Å². The Balaban J connectivity index is 1.65. The van der Waals surface area contributed by atoms with Gasteiger partial charge < -0.3 is 15.0 Å². The van der Waals surface area contributed by atoms with Crippen LogP contribution in [-0.2, 0) is 11.3 Å². The first kappa shape index (κ1) is 19.0. The Labute approximate surface area is 163 Å². The number of fused-ring (bicyclic) bond motifs is 1. The van der Waals surface area contributed by atoms with Gasteiger partial charge in [0.05, 0.1) is 18.4 Å². The number of carbonyl (C=O) groups is 1. The standard InChI is InChI=1S/C20H22N4O2S/c1-21-19-16-9-4-5-10-17(16)22-20(23-19)27-13-18(25)24(2)12-14-7-6-8-15(11-14)26-3/h4-11H,12-13H2,1-3H3,(H,21,22,23). The third-order valence-electron chi connectivity index (χ3n) is 4.12. The molecule has 1 amide bonds. The van der Waals surface area contributed by atoms with Crippen LogP contribution in [-0.4, -0.2) is 47.7 Å². The summed E-state index contributed by atoms with van der Waals surface area (Å²) in [7, 11) is 5.26. The number of methoxy groups -OCH3 is 1. The highest BCUT2D eigenvalue weighted by atomic mass is 32.2. The van der Waals surface area contributed by atoms with E-state index in [0.29, 0.717) is 11.7 Å². The van der Waals surface area contributed by atoms with Gasteiger partial charge >= 0.3 is 0 Å². The molecule has 0 saturated heterocycles. The van der Waals surface area contributed by atoms with Crippen LogP contribution in [0.3, 0.4) is 0 Å². The van der Waals surface area contributed by atoms with Crippen molar-refractivity contribution < 1.29 is 9.53 Å². The molecule has 0 bridgehead atoms. The second-order valence-corrected chi connectivity index (χ2v) is 6.95. The first-order valence-electron chi connectivity index (χ1n) is 8.55. The Bertz CT molecular complexity index is 948. The molecule has 0 unspecified atom stereocenters. The van der Waals surface area contributed by atoms with E-state index in [1.165, 1.54) is 11.8 Å². The molecule has 0 atom stereocenters. The number of aromatic nitrogens is 2. The third-order valence-corrected chi connectivity index (χ3v) is 4.96. The molecule has 2 aromatic carbocycles. The second kappa shape index (κ2) is 8.73. The van der Waals surface area contributed by atoms with Gasteiger partial charge in [-0.2, -0.15) is 0 Å². The van der Waals surface area contributed by atoms with Crippen LogP contribution in [0.2, 0.25) is 0 Å². The van der Waals surface area contributed by atoms with Crippen molar-refractivity contribution in [1.82, 2.24) is 14.9 Å². The van der Waals surface area contributed by atoms with Crippen LogP contribution in [0.25, 0.3) is 10.9 Å². The largest absolute Gasteiger partial charge is 0.497 e. The van der Waals surface area contributed by atoms with E-state index in [9.17, 15) is 4.79 Å². The van der Waals surface area contributed by atoms with E-state index in [0.717, 1.165) is 28.0 Å². The van der Waals surface area contributed by atoms with E-state index in [1.54, 1.807) is 19.1 Å². The minimum Gasteiger partial charge on any atom is -0.497 e. The van der Waals surface area contributed by atoms with Gasteiger partial charge in [0, 0.05) is 26.0 Å². The first-order chi connectivity index (χ1) is 13.1.